The van der Waals surface area contributed by atoms with E-state index in [1.807, 2.05) is 0 Å². The maximum Gasteiger partial charge on any atom is 0.306 e. The fourth-order valence-electron chi connectivity index (χ4n) is 2.50. The third-order valence-corrected chi connectivity index (χ3v) is 3.86. The summed E-state index contributed by atoms with van der Waals surface area (Å²) in [4.78, 5) is 28.6. The number of ether oxygens (including phenoxy) is 1. The first-order valence-corrected chi connectivity index (χ1v) is 7.40. The molecule has 0 saturated carbocycles. The Morgan fingerprint density at radius 2 is 2.25 bits per heavy atom. The molecule has 3 rings (SSSR count). The van der Waals surface area contributed by atoms with Crippen molar-refractivity contribution in [3.63, 3.8) is 0 Å². The van der Waals surface area contributed by atoms with Crippen molar-refractivity contribution in [1.82, 2.24) is 9.38 Å². The summed E-state index contributed by atoms with van der Waals surface area (Å²) in [5.41, 5.74) is -0.359. The van der Waals surface area contributed by atoms with E-state index in [1.165, 1.54) is 30.0 Å². The van der Waals surface area contributed by atoms with Crippen LogP contribution < -0.4 is 5.56 Å². The van der Waals surface area contributed by atoms with Crippen molar-refractivity contribution in [2.45, 2.75) is 12.3 Å². The average Bonchev–Trinajstić information content (AvgIpc) is 3.09. The van der Waals surface area contributed by atoms with Crippen molar-refractivity contribution in [3.8, 4) is 5.88 Å². The van der Waals surface area contributed by atoms with Crippen molar-refractivity contribution in [3.05, 3.63) is 63.4 Å². The van der Waals surface area contributed by atoms with Gasteiger partial charge in [0.2, 0.25) is 5.88 Å². The molecule has 24 heavy (non-hydrogen) atoms. The lowest BCUT2D eigenvalue weighted by Crippen LogP contribution is -2.24. The van der Waals surface area contributed by atoms with Crippen LogP contribution in [0.4, 0.5) is 0 Å². The number of furan rings is 1. The number of carbonyl (C=O) groups is 1. The number of carbonyl (C=O) groups excluding carboxylic acids is 1. The zero-order valence-electron chi connectivity index (χ0n) is 12.6. The number of aromatic nitrogens is 2. The van der Waals surface area contributed by atoms with E-state index in [0.717, 1.165) is 0 Å². The first-order valence-electron chi connectivity index (χ1n) is 7.02. The topological polar surface area (TPSA) is 94.0 Å². The van der Waals surface area contributed by atoms with Crippen molar-refractivity contribution in [2.75, 3.05) is 7.11 Å². The van der Waals surface area contributed by atoms with Gasteiger partial charge in [0.1, 0.15) is 11.4 Å². The van der Waals surface area contributed by atoms with Gasteiger partial charge < -0.3 is 14.3 Å². The van der Waals surface area contributed by atoms with Gasteiger partial charge in [-0.2, -0.15) is 4.98 Å². The van der Waals surface area contributed by atoms with Crippen LogP contribution in [0.3, 0.4) is 0 Å². The Balaban J connectivity index is 2.24. The number of halogens is 1. The van der Waals surface area contributed by atoms with E-state index in [2.05, 4.69) is 9.72 Å². The summed E-state index contributed by atoms with van der Waals surface area (Å²) in [5, 5.41) is 10.6. The number of nitrogens with zero attached hydrogens (tertiary/aromatic N) is 2. The van der Waals surface area contributed by atoms with Gasteiger partial charge in [-0.1, -0.05) is 11.6 Å². The molecule has 0 unspecified atom stereocenters. The summed E-state index contributed by atoms with van der Waals surface area (Å²) < 4.78 is 11.2. The van der Waals surface area contributed by atoms with Crippen LogP contribution in [0.1, 0.15) is 23.7 Å². The van der Waals surface area contributed by atoms with Crippen molar-refractivity contribution < 1.29 is 19.1 Å². The lowest BCUT2D eigenvalue weighted by atomic mass is 9.94. The van der Waals surface area contributed by atoms with Gasteiger partial charge in [-0.3, -0.25) is 14.0 Å². The highest BCUT2D eigenvalue weighted by atomic mass is 35.5. The molecule has 7 nitrogen and oxygen atoms in total. The molecule has 0 aliphatic rings. The van der Waals surface area contributed by atoms with Crippen LogP contribution in [0.2, 0.25) is 5.02 Å². The average molecular weight is 349 g/mol. The fraction of sp³-hybridized carbons (Fsp3) is 0.188. The zero-order chi connectivity index (χ0) is 17.3. The van der Waals surface area contributed by atoms with Gasteiger partial charge in [-0.25, -0.2) is 0 Å². The van der Waals surface area contributed by atoms with Crippen LogP contribution in [0, 0.1) is 0 Å². The van der Waals surface area contributed by atoms with Crippen molar-refractivity contribution in [2.24, 2.45) is 0 Å². The lowest BCUT2D eigenvalue weighted by Gasteiger charge is -2.15. The molecule has 3 aromatic rings. The second-order valence-corrected chi connectivity index (χ2v) is 5.51. The first kappa shape index (κ1) is 16.1. The monoisotopic (exact) mass is 348 g/mol. The van der Waals surface area contributed by atoms with Gasteiger partial charge in [-0.05, 0) is 24.3 Å². The van der Waals surface area contributed by atoms with Crippen LogP contribution in [0.5, 0.6) is 5.88 Å². The predicted octanol–water partition coefficient (Wildman–Crippen LogP) is 2.34. The third-order valence-electron chi connectivity index (χ3n) is 3.63. The second-order valence-electron chi connectivity index (χ2n) is 5.08. The van der Waals surface area contributed by atoms with Gasteiger partial charge in [0.25, 0.3) is 5.56 Å². The zero-order valence-corrected chi connectivity index (χ0v) is 13.4. The lowest BCUT2D eigenvalue weighted by molar-refractivity contribution is -0.140. The summed E-state index contributed by atoms with van der Waals surface area (Å²) in [6.45, 7) is 0. The SMILES string of the molecule is COC(=O)C[C@@H](c1ccco1)c1c(O)nc2ccc(Cl)cn2c1=O. The van der Waals surface area contributed by atoms with E-state index in [1.54, 1.807) is 18.2 Å². The van der Waals surface area contributed by atoms with Gasteiger partial charge in [0.05, 0.1) is 36.3 Å². The molecule has 0 aromatic carbocycles. The van der Waals surface area contributed by atoms with E-state index in [0.29, 0.717) is 10.8 Å². The Hall–Kier alpha value is -2.80. The molecule has 0 bridgehead atoms. The molecule has 1 atom stereocenters. The highest BCUT2D eigenvalue weighted by molar-refractivity contribution is 6.30. The van der Waals surface area contributed by atoms with E-state index in [4.69, 9.17) is 16.0 Å². The molecular weight excluding hydrogens is 336 g/mol. The van der Waals surface area contributed by atoms with Crippen LogP contribution in [0.15, 0.2) is 45.9 Å². The standard InChI is InChI=1S/C16H13ClN2O5/c1-23-13(20)7-10(11-3-2-6-24-11)14-15(21)18-12-5-4-9(17)8-19(12)16(14)22/h2-6,8,10,21H,7H2,1H3/t10-/m0/s1. The molecule has 0 aliphatic carbocycles. The smallest absolute Gasteiger partial charge is 0.306 e. The third kappa shape index (κ3) is 2.85. The normalized spacial score (nSPS) is 12.2. The van der Waals surface area contributed by atoms with Gasteiger partial charge in [0, 0.05) is 6.20 Å². The number of rotatable bonds is 4. The minimum absolute atomic E-state index is 0.0601. The Bertz CT molecular complexity index is 949. The quantitative estimate of drug-likeness (QED) is 0.727. The molecule has 0 spiro atoms. The van der Waals surface area contributed by atoms with Crippen LogP contribution in [-0.4, -0.2) is 27.6 Å². The largest absolute Gasteiger partial charge is 0.493 e. The summed E-state index contributed by atoms with van der Waals surface area (Å²) in [6.07, 6.45) is 2.63. The van der Waals surface area contributed by atoms with Crippen molar-refractivity contribution in [1.29, 1.82) is 0 Å². The molecule has 3 aromatic heterocycles. The van der Waals surface area contributed by atoms with E-state index < -0.39 is 23.3 Å². The molecule has 0 amide bonds. The van der Waals surface area contributed by atoms with Gasteiger partial charge in [0.15, 0.2) is 0 Å². The molecule has 124 valence electrons. The Morgan fingerprint density at radius 3 is 2.92 bits per heavy atom. The number of methoxy groups -OCH3 is 1. The maximum atomic E-state index is 12.8. The highest BCUT2D eigenvalue weighted by Crippen LogP contribution is 2.31. The summed E-state index contributed by atoms with van der Waals surface area (Å²) in [5.74, 6) is -1.50. The van der Waals surface area contributed by atoms with Crippen LogP contribution >= 0.6 is 11.6 Å². The number of pyridine rings is 1. The molecule has 0 radical (unpaired) electrons. The second kappa shape index (κ2) is 6.37. The number of esters is 1. The number of fused-ring (bicyclic) bond motifs is 1. The molecular formula is C16H13ClN2O5. The first-order chi connectivity index (χ1) is 11.5. The van der Waals surface area contributed by atoms with Crippen LogP contribution in [-0.2, 0) is 9.53 Å². The van der Waals surface area contributed by atoms with E-state index >= 15 is 0 Å². The summed E-state index contributed by atoms with van der Waals surface area (Å²) in [7, 11) is 1.24. The summed E-state index contributed by atoms with van der Waals surface area (Å²) in [6, 6.07) is 6.30. The minimum Gasteiger partial charge on any atom is -0.493 e. The number of hydrogen-bond donors (Lipinski definition) is 1. The molecule has 3 heterocycles. The highest BCUT2D eigenvalue weighted by Gasteiger charge is 2.28. The predicted molar refractivity (Wildman–Crippen MR) is 85.3 cm³/mol. The van der Waals surface area contributed by atoms with E-state index in [-0.39, 0.29) is 17.6 Å². The Morgan fingerprint density at radius 1 is 1.46 bits per heavy atom. The Kier molecular flexibility index (Phi) is 4.26. The van der Waals surface area contributed by atoms with Crippen LogP contribution in [0.25, 0.3) is 5.65 Å². The molecule has 0 fully saturated rings. The summed E-state index contributed by atoms with van der Waals surface area (Å²) >= 11 is 5.93. The molecule has 1 N–H and O–H groups in total. The van der Waals surface area contributed by atoms with Crippen molar-refractivity contribution >= 4 is 23.2 Å². The molecule has 8 heteroatoms. The number of aromatic hydroxyl groups is 1. The van der Waals surface area contributed by atoms with E-state index in [9.17, 15) is 14.7 Å². The van der Waals surface area contributed by atoms with Gasteiger partial charge >= 0.3 is 5.97 Å². The fourth-order valence-corrected chi connectivity index (χ4v) is 2.66. The van der Waals surface area contributed by atoms with Gasteiger partial charge in [-0.15, -0.1) is 0 Å². The minimum atomic E-state index is -0.830. The molecule has 0 saturated heterocycles. The molecule has 0 aliphatic heterocycles. The maximum absolute atomic E-state index is 12.8. The Labute approximate surface area is 141 Å². The number of hydrogen-bond acceptors (Lipinski definition) is 6.